The zero-order chi connectivity index (χ0) is 15.7. The smallest absolute Gasteiger partial charge is 0.141 e. The average molecular weight is 312 g/mol. The summed E-state index contributed by atoms with van der Waals surface area (Å²) in [5.74, 6) is 1.64. The fourth-order valence-corrected chi connectivity index (χ4v) is 3.64. The fraction of sp³-hybridized carbons (Fsp3) is 0.474. The molecule has 3 rings (SSSR count). The third-order valence-corrected chi connectivity index (χ3v) is 4.65. The third kappa shape index (κ3) is 3.00. The molecule has 116 valence electrons. The minimum atomic E-state index is 0.595. The summed E-state index contributed by atoms with van der Waals surface area (Å²) < 4.78 is 3.25. The first kappa shape index (κ1) is 15.4. The Morgan fingerprint density at radius 1 is 1.23 bits per heavy atom. The minimum Gasteiger partial charge on any atom is -0.329 e. The second kappa shape index (κ2) is 6.33. The van der Waals surface area contributed by atoms with Crippen molar-refractivity contribution < 1.29 is 0 Å². The lowest BCUT2D eigenvalue weighted by atomic mass is 9.96. The van der Waals surface area contributed by atoms with Crippen LogP contribution in [0.25, 0.3) is 11.4 Å². The molecule has 2 aromatic rings. The minimum absolute atomic E-state index is 0.595. The van der Waals surface area contributed by atoms with Crippen molar-refractivity contribution in [1.82, 2.24) is 9.55 Å². The van der Waals surface area contributed by atoms with Gasteiger partial charge in [0.1, 0.15) is 10.5 Å². The lowest BCUT2D eigenvalue weighted by Crippen LogP contribution is -2.20. The highest BCUT2D eigenvalue weighted by Gasteiger charge is 2.19. The number of nitrogens with zero attached hydrogens (tertiary/aromatic N) is 2. The van der Waals surface area contributed by atoms with Gasteiger partial charge in [0.25, 0.3) is 0 Å². The van der Waals surface area contributed by atoms with Crippen molar-refractivity contribution in [3.8, 4) is 11.4 Å². The Morgan fingerprint density at radius 3 is 2.73 bits per heavy atom. The quantitative estimate of drug-likeness (QED) is 0.732. The summed E-state index contributed by atoms with van der Waals surface area (Å²) >= 11 is 5.61. The first-order valence-electron chi connectivity index (χ1n) is 8.26. The van der Waals surface area contributed by atoms with Gasteiger partial charge in [0.05, 0.1) is 0 Å². The van der Waals surface area contributed by atoms with Crippen molar-refractivity contribution in [3.63, 3.8) is 0 Å². The number of aromatic nitrogens is 2. The first-order valence-corrected chi connectivity index (χ1v) is 8.66. The molecule has 0 aliphatic heterocycles. The van der Waals surface area contributed by atoms with Crippen molar-refractivity contribution >= 4 is 12.2 Å². The molecule has 0 atom stereocenters. The molecular formula is C19H24N2S. The van der Waals surface area contributed by atoms with Gasteiger partial charge >= 0.3 is 0 Å². The first-order chi connectivity index (χ1) is 10.6. The highest BCUT2D eigenvalue weighted by atomic mass is 32.1. The molecule has 1 heterocycles. The number of aryl methyl sites for hydroxylation is 1. The monoisotopic (exact) mass is 312 g/mol. The van der Waals surface area contributed by atoms with E-state index in [4.69, 9.17) is 17.2 Å². The molecular weight excluding hydrogens is 288 g/mol. The lowest BCUT2D eigenvalue weighted by Gasteiger charge is -2.25. The highest BCUT2D eigenvalue weighted by Crippen LogP contribution is 2.28. The fourth-order valence-electron chi connectivity index (χ4n) is 3.34. The van der Waals surface area contributed by atoms with Crippen LogP contribution in [0, 0.1) is 17.5 Å². The molecule has 3 heteroatoms. The molecule has 1 aromatic carbocycles. The average Bonchev–Trinajstić information content (AvgIpc) is 2.49. The van der Waals surface area contributed by atoms with Crippen molar-refractivity contribution in [3.05, 3.63) is 45.7 Å². The number of benzene rings is 1. The number of rotatable bonds is 3. The lowest BCUT2D eigenvalue weighted by molar-refractivity contribution is 0.487. The van der Waals surface area contributed by atoms with Gasteiger partial charge in [-0.05, 0) is 44.6 Å². The van der Waals surface area contributed by atoms with Crippen LogP contribution >= 0.6 is 12.2 Å². The summed E-state index contributed by atoms with van der Waals surface area (Å²) in [6.45, 7) is 7.67. The third-order valence-electron chi connectivity index (χ3n) is 4.31. The van der Waals surface area contributed by atoms with Gasteiger partial charge in [-0.25, -0.2) is 4.98 Å². The van der Waals surface area contributed by atoms with Crippen LogP contribution in [-0.4, -0.2) is 9.55 Å². The molecule has 0 amide bonds. The summed E-state index contributed by atoms with van der Waals surface area (Å²) in [6.07, 6.45) is 4.72. The second-order valence-corrected chi connectivity index (χ2v) is 7.13. The molecule has 0 radical (unpaired) electrons. The van der Waals surface area contributed by atoms with Gasteiger partial charge < -0.3 is 4.57 Å². The zero-order valence-electron chi connectivity index (χ0n) is 13.7. The Bertz CT molecular complexity index is 744. The Hall–Kier alpha value is -1.48. The van der Waals surface area contributed by atoms with Gasteiger partial charge in [0.2, 0.25) is 0 Å². The van der Waals surface area contributed by atoms with E-state index < -0.39 is 0 Å². The molecule has 0 unspecified atom stereocenters. The van der Waals surface area contributed by atoms with E-state index in [1.54, 1.807) is 0 Å². The highest BCUT2D eigenvalue weighted by molar-refractivity contribution is 7.71. The molecule has 1 aromatic heterocycles. The van der Waals surface area contributed by atoms with Gasteiger partial charge in [0.15, 0.2) is 0 Å². The van der Waals surface area contributed by atoms with Crippen molar-refractivity contribution in [2.45, 2.75) is 53.0 Å². The number of hydrogen-bond donors (Lipinski definition) is 0. The van der Waals surface area contributed by atoms with Crippen molar-refractivity contribution in [2.24, 2.45) is 5.92 Å². The standard InChI is InChI=1S/C19H24N2S/c1-13(2)12-21-17-10-5-4-9-16(17)19(22)20-18(21)15-8-6-7-14(3)11-15/h6-8,11,13H,4-5,9-10,12H2,1-3H3. The van der Waals surface area contributed by atoms with E-state index in [2.05, 4.69) is 49.6 Å². The van der Waals surface area contributed by atoms with E-state index in [1.165, 1.54) is 35.2 Å². The topological polar surface area (TPSA) is 17.8 Å². The van der Waals surface area contributed by atoms with E-state index >= 15 is 0 Å². The van der Waals surface area contributed by atoms with Crippen LogP contribution in [0.2, 0.25) is 0 Å². The van der Waals surface area contributed by atoms with E-state index in [9.17, 15) is 0 Å². The molecule has 0 spiro atoms. The normalized spacial score (nSPS) is 14.2. The van der Waals surface area contributed by atoms with E-state index in [1.807, 2.05) is 0 Å². The Kier molecular flexibility index (Phi) is 4.44. The summed E-state index contributed by atoms with van der Waals surface area (Å²) in [5, 5.41) is 0. The van der Waals surface area contributed by atoms with Gasteiger partial charge in [-0.3, -0.25) is 0 Å². The predicted molar refractivity (Wildman–Crippen MR) is 94.7 cm³/mol. The van der Waals surface area contributed by atoms with Gasteiger partial charge in [0, 0.05) is 23.4 Å². The van der Waals surface area contributed by atoms with Crippen molar-refractivity contribution in [1.29, 1.82) is 0 Å². The predicted octanol–water partition coefficient (Wildman–Crippen LogP) is 5.12. The Morgan fingerprint density at radius 2 is 2.00 bits per heavy atom. The summed E-state index contributed by atoms with van der Waals surface area (Å²) in [7, 11) is 0. The van der Waals surface area contributed by atoms with Gasteiger partial charge in [-0.1, -0.05) is 49.8 Å². The van der Waals surface area contributed by atoms with E-state index in [0.717, 1.165) is 29.9 Å². The summed E-state index contributed by atoms with van der Waals surface area (Å²) in [6, 6.07) is 8.59. The molecule has 0 fully saturated rings. The van der Waals surface area contributed by atoms with Gasteiger partial charge in [-0.15, -0.1) is 0 Å². The molecule has 0 saturated heterocycles. The van der Waals surface area contributed by atoms with Crippen LogP contribution in [-0.2, 0) is 19.4 Å². The van der Waals surface area contributed by atoms with Crippen LogP contribution in [0.3, 0.4) is 0 Å². The van der Waals surface area contributed by atoms with Crippen LogP contribution in [0.15, 0.2) is 24.3 Å². The summed E-state index contributed by atoms with van der Waals surface area (Å²) in [5.41, 5.74) is 5.19. The zero-order valence-corrected chi connectivity index (χ0v) is 14.5. The molecule has 2 nitrogen and oxygen atoms in total. The van der Waals surface area contributed by atoms with Crippen molar-refractivity contribution in [2.75, 3.05) is 0 Å². The van der Waals surface area contributed by atoms with Crippen LogP contribution in [0.4, 0.5) is 0 Å². The maximum Gasteiger partial charge on any atom is 0.141 e. The van der Waals surface area contributed by atoms with E-state index in [0.29, 0.717) is 5.92 Å². The maximum atomic E-state index is 5.61. The second-order valence-electron chi connectivity index (χ2n) is 6.75. The number of fused-ring (bicyclic) bond motifs is 1. The SMILES string of the molecule is Cc1cccc(-c2nc(=S)c3c(n2CC(C)C)CCCC3)c1. The number of hydrogen-bond acceptors (Lipinski definition) is 2. The van der Waals surface area contributed by atoms with Crippen LogP contribution in [0.5, 0.6) is 0 Å². The van der Waals surface area contributed by atoms with Gasteiger partial charge in [-0.2, -0.15) is 0 Å². The van der Waals surface area contributed by atoms with Crippen LogP contribution < -0.4 is 0 Å². The maximum absolute atomic E-state index is 5.61. The van der Waals surface area contributed by atoms with Crippen LogP contribution in [0.1, 0.15) is 43.5 Å². The molecule has 1 aliphatic rings. The summed E-state index contributed by atoms with van der Waals surface area (Å²) in [4.78, 5) is 4.83. The molecule has 0 N–H and O–H groups in total. The molecule has 1 aliphatic carbocycles. The molecule has 22 heavy (non-hydrogen) atoms. The Labute approximate surface area is 138 Å². The molecule has 0 bridgehead atoms. The van der Waals surface area contributed by atoms with E-state index in [-0.39, 0.29) is 0 Å². The molecule has 0 saturated carbocycles. The largest absolute Gasteiger partial charge is 0.329 e. The Balaban J connectivity index is 2.24.